The number of rotatable bonds is 5. The lowest BCUT2D eigenvalue weighted by Crippen LogP contribution is -2.56. The van der Waals surface area contributed by atoms with Crippen LogP contribution in [0, 0.1) is 0 Å². The van der Waals surface area contributed by atoms with Crippen molar-refractivity contribution in [2.24, 2.45) is 0 Å². The number of hydrogen-bond donors (Lipinski definition) is 3. The third-order valence-corrected chi connectivity index (χ3v) is 8.05. The molecule has 2 fully saturated rings. The zero-order valence-electron chi connectivity index (χ0n) is 18.2. The van der Waals surface area contributed by atoms with Gasteiger partial charge in [-0.25, -0.2) is 0 Å². The van der Waals surface area contributed by atoms with Gasteiger partial charge in [0.2, 0.25) is 17.7 Å². The maximum atomic E-state index is 13.4. The number of aryl methyl sites for hydroxylation is 1. The van der Waals surface area contributed by atoms with Gasteiger partial charge in [0.1, 0.15) is 12.1 Å². The van der Waals surface area contributed by atoms with Crippen LogP contribution < -0.4 is 16.0 Å². The molecule has 0 bridgehead atoms. The van der Waals surface area contributed by atoms with Gasteiger partial charge >= 0.3 is 0 Å². The molecule has 0 radical (unpaired) electrons. The van der Waals surface area contributed by atoms with E-state index in [0.717, 1.165) is 31.4 Å². The van der Waals surface area contributed by atoms with Crippen molar-refractivity contribution in [1.29, 1.82) is 0 Å². The van der Waals surface area contributed by atoms with Crippen LogP contribution in [0.25, 0.3) is 0 Å². The Labute approximate surface area is 188 Å². The summed E-state index contributed by atoms with van der Waals surface area (Å²) in [5, 5.41) is 9.03. The molecule has 1 aromatic rings. The number of nitrogens with zero attached hydrogens (tertiary/aromatic N) is 1. The minimum Gasteiger partial charge on any atom is -0.347 e. The first-order valence-electron chi connectivity index (χ1n) is 11.3. The van der Waals surface area contributed by atoms with E-state index in [0.29, 0.717) is 12.8 Å². The Morgan fingerprint density at radius 3 is 2.71 bits per heavy atom. The van der Waals surface area contributed by atoms with Gasteiger partial charge in [0.25, 0.3) is 0 Å². The van der Waals surface area contributed by atoms with Gasteiger partial charge in [0.15, 0.2) is 0 Å². The van der Waals surface area contributed by atoms with E-state index in [-0.39, 0.29) is 35.2 Å². The van der Waals surface area contributed by atoms with Gasteiger partial charge in [-0.1, -0.05) is 24.3 Å². The lowest BCUT2D eigenvalue weighted by Gasteiger charge is -2.32. The number of likely N-dealkylation sites (N-methyl/N-ethyl adjacent to an activating group) is 1. The van der Waals surface area contributed by atoms with Crippen LogP contribution in [0.1, 0.15) is 56.2 Å². The molecule has 31 heavy (non-hydrogen) atoms. The molecule has 3 amide bonds. The number of hydrogen-bond acceptors (Lipinski definition) is 5. The van der Waals surface area contributed by atoms with E-state index in [1.165, 1.54) is 11.1 Å². The predicted octanol–water partition coefficient (Wildman–Crippen LogP) is 1.73. The molecule has 3 N–H and O–H groups in total. The number of thioether (sulfide) groups is 1. The standard InChI is InChI=1S/C23H32N4O3S/c1-14(24-2)21(28)26-18-12-13-31-20-11-10-19(27(20)23(18)30)22(29)25-17-9-5-7-15-6-3-4-8-16(15)17/h3-4,6,8,14,17-20,24H,5,7,9-13H2,1-2H3,(H,25,29)(H,26,28)/t14?,17-,18+,19+,20+/m1/s1. The summed E-state index contributed by atoms with van der Waals surface area (Å²) in [5.41, 5.74) is 2.49. The molecular weight excluding hydrogens is 412 g/mol. The SMILES string of the molecule is CNC(C)C(=O)N[C@H]1CCS[C@H]2CC[C@@H](C(=O)N[C@@H]3CCCc4ccccc43)N2C1=O. The molecule has 7 nitrogen and oxygen atoms in total. The second kappa shape index (κ2) is 9.61. The fourth-order valence-electron chi connectivity index (χ4n) is 4.85. The monoisotopic (exact) mass is 444 g/mol. The minimum absolute atomic E-state index is 0.00166. The van der Waals surface area contributed by atoms with Gasteiger partial charge in [0.05, 0.1) is 17.5 Å². The van der Waals surface area contributed by atoms with Crippen LogP contribution in [-0.4, -0.2) is 58.9 Å². The average molecular weight is 445 g/mol. The molecule has 0 spiro atoms. The summed E-state index contributed by atoms with van der Waals surface area (Å²) >= 11 is 1.72. The third-order valence-electron chi connectivity index (χ3n) is 6.73. The number of carbonyl (C=O) groups is 3. The number of carbonyl (C=O) groups excluding carboxylic acids is 3. The van der Waals surface area contributed by atoms with Gasteiger partial charge in [-0.2, -0.15) is 0 Å². The molecule has 0 aromatic heterocycles. The molecule has 8 heteroatoms. The summed E-state index contributed by atoms with van der Waals surface area (Å²) in [4.78, 5) is 40.8. The highest BCUT2D eigenvalue weighted by molar-refractivity contribution is 7.99. The quantitative estimate of drug-likeness (QED) is 0.644. The normalized spacial score (nSPS) is 28.8. The molecule has 1 aromatic carbocycles. The van der Waals surface area contributed by atoms with Gasteiger partial charge in [0, 0.05) is 0 Å². The van der Waals surface area contributed by atoms with Crippen LogP contribution in [0.3, 0.4) is 0 Å². The highest BCUT2D eigenvalue weighted by Gasteiger charge is 2.45. The van der Waals surface area contributed by atoms with Crippen LogP contribution in [-0.2, 0) is 20.8 Å². The van der Waals surface area contributed by atoms with Crippen molar-refractivity contribution >= 4 is 29.5 Å². The molecule has 1 unspecified atom stereocenters. The second-order valence-electron chi connectivity index (χ2n) is 8.68. The van der Waals surface area contributed by atoms with Crippen molar-refractivity contribution in [1.82, 2.24) is 20.9 Å². The number of amides is 3. The highest BCUT2D eigenvalue weighted by atomic mass is 32.2. The molecule has 2 saturated heterocycles. The van der Waals surface area contributed by atoms with Gasteiger partial charge in [-0.15, -0.1) is 11.8 Å². The van der Waals surface area contributed by atoms with E-state index in [2.05, 4.69) is 28.1 Å². The van der Waals surface area contributed by atoms with Crippen molar-refractivity contribution < 1.29 is 14.4 Å². The average Bonchev–Trinajstić information content (AvgIpc) is 3.15. The van der Waals surface area contributed by atoms with Crippen LogP contribution >= 0.6 is 11.8 Å². The Morgan fingerprint density at radius 1 is 1.10 bits per heavy atom. The van der Waals surface area contributed by atoms with Crippen LogP contribution in [0.2, 0.25) is 0 Å². The van der Waals surface area contributed by atoms with Gasteiger partial charge < -0.3 is 20.9 Å². The summed E-state index contributed by atoms with van der Waals surface area (Å²) < 4.78 is 0. The Kier molecular flexibility index (Phi) is 6.86. The van der Waals surface area contributed by atoms with E-state index >= 15 is 0 Å². The van der Waals surface area contributed by atoms with Crippen LogP contribution in [0.5, 0.6) is 0 Å². The molecular formula is C23H32N4O3S. The van der Waals surface area contributed by atoms with E-state index in [1.54, 1.807) is 30.6 Å². The maximum Gasteiger partial charge on any atom is 0.246 e. The number of nitrogens with one attached hydrogen (secondary N) is 3. The van der Waals surface area contributed by atoms with Gasteiger partial charge in [-0.05, 0) is 69.4 Å². The number of benzene rings is 1. The van der Waals surface area contributed by atoms with E-state index in [1.807, 2.05) is 12.1 Å². The van der Waals surface area contributed by atoms with Crippen molar-refractivity contribution in [2.45, 2.75) is 75.0 Å². The van der Waals surface area contributed by atoms with E-state index in [9.17, 15) is 14.4 Å². The summed E-state index contributed by atoms with van der Waals surface area (Å²) in [5.74, 6) is 0.390. The molecule has 4 rings (SSSR count). The van der Waals surface area contributed by atoms with Crippen molar-refractivity contribution in [3.63, 3.8) is 0 Å². The first-order valence-corrected chi connectivity index (χ1v) is 12.3. The zero-order chi connectivity index (χ0) is 22.0. The Hall–Kier alpha value is -2.06. The molecule has 0 saturated carbocycles. The Morgan fingerprint density at radius 2 is 1.90 bits per heavy atom. The summed E-state index contributed by atoms with van der Waals surface area (Å²) in [6.07, 6.45) is 5.07. The minimum atomic E-state index is -0.579. The Balaban J connectivity index is 1.47. The third kappa shape index (κ3) is 4.60. The maximum absolute atomic E-state index is 13.4. The molecule has 1 aliphatic carbocycles. The topological polar surface area (TPSA) is 90.5 Å². The number of fused-ring (bicyclic) bond motifs is 2. The molecule has 5 atom stereocenters. The van der Waals surface area contributed by atoms with E-state index in [4.69, 9.17) is 0 Å². The Bertz CT molecular complexity index is 848. The fraction of sp³-hybridized carbons (Fsp3) is 0.609. The highest BCUT2D eigenvalue weighted by Crippen LogP contribution is 2.37. The van der Waals surface area contributed by atoms with E-state index < -0.39 is 12.1 Å². The largest absolute Gasteiger partial charge is 0.347 e. The summed E-state index contributed by atoms with van der Waals surface area (Å²) in [7, 11) is 1.72. The lowest BCUT2D eigenvalue weighted by atomic mass is 9.87. The molecule has 3 aliphatic rings. The fourth-order valence-corrected chi connectivity index (χ4v) is 6.21. The predicted molar refractivity (Wildman–Crippen MR) is 121 cm³/mol. The summed E-state index contributed by atoms with van der Waals surface area (Å²) in [6, 6.07) is 6.86. The first kappa shape index (κ1) is 22.1. The van der Waals surface area contributed by atoms with Gasteiger partial charge in [-0.3, -0.25) is 14.4 Å². The zero-order valence-corrected chi connectivity index (χ0v) is 19.0. The molecule has 2 aliphatic heterocycles. The molecule has 2 heterocycles. The van der Waals surface area contributed by atoms with Crippen molar-refractivity contribution in [3.05, 3.63) is 35.4 Å². The first-order chi connectivity index (χ1) is 15.0. The second-order valence-corrected chi connectivity index (χ2v) is 9.96. The lowest BCUT2D eigenvalue weighted by molar-refractivity contribution is -0.142. The smallest absolute Gasteiger partial charge is 0.246 e. The van der Waals surface area contributed by atoms with Crippen LogP contribution in [0.4, 0.5) is 0 Å². The summed E-state index contributed by atoms with van der Waals surface area (Å²) in [6.45, 7) is 1.77. The molecule has 168 valence electrons. The van der Waals surface area contributed by atoms with Crippen LogP contribution in [0.15, 0.2) is 24.3 Å². The van der Waals surface area contributed by atoms with Crippen molar-refractivity contribution in [3.8, 4) is 0 Å². The van der Waals surface area contributed by atoms with Crippen molar-refractivity contribution in [2.75, 3.05) is 12.8 Å².